The van der Waals surface area contributed by atoms with Gasteiger partial charge in [-0.1, -0.05) is 0 Å². The first kappa shape index (κ1) is 11.9. The molecule has 2 rings (SSSR count). The predicted octanol–water partition coefficient (Wildman–Crippen LogP) is 2.06. The van der Waals surface area contributed by atoms with E-state index in [1.54, 1.807) is 0 Å². The fraction of sp³-hybridized carbons (Fsp3) is 0.923. The molecule has 0 aromatic heterocycles. The first-order valence-corrected chi connectivity index (χ1v) is 6.57. The fourth-order valence-corrected chi connectivity index (χ4v) is 2.24. The largest absolute Gasteiger partial charge is 0.379 e. The van der Waals surface area contributed by atoms with E-state index in [2.05, 4.69) is 18.7 Å². The summed E-state index contributed by atoms with van der Waals surface area (Å²) in [5.41, 5.74) is 0. The molecule has 1 amide bonds. The van der Waals surface area contributed by atoms with Crippen LogP contribution in [-0.2, 0) is 9.53 Å². The number of carbonyl (C=O) groups is 1. The molecule has 1 saturated carbocycles. The van der Waals surface area contributed by atoms with Crippen molar-refractivity contribution in [1.82, 2.24) is 4.90 Å². The number of amides is 1. The van der Waals surface area contributed by atoms with Crippen molar-refractivity contribution in [2.75, 3.05) is 19.7 Å². The average Bonchev–Trinajstić information content (AvgIpc) is 3.10. The van der Waals surface area contributed by atoms with Crippen molar-refractivity contribution in [3.63, 3.8) is 0 Å². The minimum absolute atomic E-state index is 0.325. The molecular formula is C13H23NO2. The Balaban J connectivity index is 1.67. The summed E-state index contributed by atoms with van der Waals surface area (Å²) in [7, 11) is 0. The van der Waals surface area contributed by atoms with Gasteiger partial charge in [0, 0.05) is 25.6 Å². The lowest BCUT2D eigenvalue weighted by atomic mass is 9.97. The Morgan fingerprint density at radius 3 is 2.38 bits per heavy atom. The molecule has 0 bridgehead atoms. The lowest BCUT2D eigenvalue weighted by molar-refractivity contribution is -0.134. The third kappa shape index (κ3) is 3.21. The van der Waals surface area contributed by atoms with Crippen molar-refractivity contribution in [2.45, 2.75) is 45.6 Å². The van der Waals surface area contributed by atoms with Gasteiger partial charge in [0.25, 0.3) is 0 Å². The molecule has 0 aromatic carbocycles. The number of carbonyl (C=O) groups excluding carboxylic acids is 1. The topological polar surface area (TPSA) is 29.5 Å². The molecule has 1 aliphatic carbocycles. The van der Waals surface area contributed by atoms with Crippen molar-refractivity contribution in [3.8, 4) is 0 Å². The molecule has 1 saturated heterocycles. The van der Waals surface area contributed by atoms with Crippen LogP contribution in [-0.4, -0.2) is 36.6 Å². The van der Waals surface area contributed by atoms with Gasteiger partial charge in [-0.05, 0) is 45.4 Å². The summed E-state index contributed by atoms with van der Waals surface area (Å²) in [6, 6.07) is 0. The fourth-order valence-electron chi connectivity index (χ4n) is 2.24. The normalized spacial score (nSPS) is 22.8. The van der Waals surface area contributed by atoms with Gasteiger partial charge >= 0.3 is 0 Å². The van der Waals surface area contributed by atoms with Crippen molar-refractivity contribution in [1.29, 1.82) is 0 Å². The van der Waals surface area contributed by atoms with Crippen molar-refractivity contribution < 1.29 is 9.53 Å². The van der Waals surface area contributed by atoms with E-state index in [1.165, 1.54) is 0 Å². The highest BCUT2D eigenvalue weighted by Crippen LogP contribution is 2.32. The maximum absolute atomic E-state index is 11.8. The van der Waals surface area contributed by atoms with Gasteiger partial charge in [0.05, 0.1) is 6.10 Å². The molecule has 3 nitrogen and oxygen atoms in total. The van der Waals surface area contributed by atoms with E-state index in [1.807, 2.05) is 0 Å². The number of ether oxygens (including phenoxy) is 1. The summed E-state index contributed by atoms with van der Waals surface area (Å²) in [5.74, 6) is 1.44. The van der Waals surface area contributed by atoms with Crippen LogP contribution < -0.4 is 0 Å². The summed E-state index contributed by atoms with van der Waals surface area (Å²) < 4.78 is 5.63. The second-order valence-corrected chi connectivity index (χ2v) is 5.43. The minimum Gasteiger partial charge on any atom is -0.379 e. The lowest BCUT2D eigenvalue weighted by Crippen LogP contribution is -2.40. The van der Waals surface area contributed by atoms with E-state index < -0.39 is 0 Å². The molecule has 0 N–H and O–H groups in total. The monoisotopic (exact) mass is 225 g/mol. The van der Waals surface area contributed by atoms with Crippen LogP contribution in [0, 0.1) is 11.8 Å². The Kier molecular flexibility index (Phi) is 3.85. The molecule has 2 aliphatic rings. The molecule has 0 spiro atoms. The highest BCUT2D eigenvalue weighted by Gasteiger charge is 2.34. The van der Waals surface area contributed by atoms with Crippen LogP contribution in [0.25, 0.3) is 0 Å². The Bertz CT molecular complexity index is 240. The van der Waals surface area contributed by atoms with Gasteiger partial charge in [-0.2, -0.15) is 0 Å². The summed E-state index contributed by atoms with van der Waals surface area (Å²) in [6.07, 6.45) is 4.80. The zero-order chi connectivity index (χ0) is 11.5. The standard InChI is InChI=1S/C13H23NO2/c1-10(2)16-9-11-5-7-14(8-6-11)13(15)12-3-4-12/h10-12H,3-9H2,1-2H3. The summed E-state index contributed by atoms with van der Waals surface area (Å²) in [4.78, 5) is 13.9. The molecule has 92 valence electrons. The number of rotatable bonds is 4. The Morgan fingerprint density at radius 2 is 1.88 bits per heavy atom. The zero-order valence-corrected chi connectivity index (χ0v) is 10.4. The second-order valence-electron chi connectivity index (χ2n) is 5.43. The van der Waals surface area contributed by atoms with E-state index in [0.717, 1.165) is 45.4 Å². The number of hydrogen-bond acceptors (Lipinski definition) is 2. The zero-order valence-electron chi connectivity index (χ0n) is 10.4. The van der Waals surface area contributed by atoms with Crippen LogP contribution in [0.5, 0.6) is 0 Å². The number of nitrogens with zero attached hydrogens (tertiary/aromatic N) is 1. The maximum Gasteiger partial charge on any atom is 0.225 e. The van der Waals surface area contributed by atoms with Gasteiger partial charge in [-0.15, -0.1) is 0 Å². The van der Waals surface area contributed by atoms with Gasteiger partial charge in [-0.3, -0.25) is 4.79 Å². The number of likely N-dealkylation sites (tertiary alicyclic amines) is 1. The van der Waals surface area contributed by atoms with Gasteiger partial charge in [-0.25, -0.2) is 0 Å². The SMILES string of the molecule is CC(C)OCC1CCN(C(=O)C2CC2)CC1. The van der Waals surface area contributed by atoms with Crippen LogP contribution in [0.4, 0.5) is 0 Å². The van der Waals surface area contributed by atoms with E-state index in [4.69, 9.17) is 4.74 Å². The molecule has 2 fully saturated rings. The van der Waals surface area contributed by atoms with Crippen molar-refractivity contribution in [3.05, 3.63) is 0 Å². The highest BCUT2D eigenvalue weighted by atomic mass is 16.5. The number of hydrogen-bond donors (Lipinski definition) is 0. The van der Waals surface area contributed by atoms with E-state index in [-0.39, 0.29) is 0 Å². The van der Waals surface area contributed by atoms with Crippen LogP contribution in [0.15, 0.2) is 0 Å². The Hall–Kier alpha value is -0.570. The predicted molar refractivity (Wildman–Crippen MR) is 63.1 cm³/mol. The van der Waals surface area contributed by atoms with E-state index in [0.29, 0.717) is 23.8 Å². The van der Waals surface area contributed by atoms with Crippen molar-refractivity contribution in [2.24, 2.45) is 11.8 Å². The van der Waals surface area contributed by atoms with Gasteiger partial charge in [0.2, 0.25) is 5.91 Å². The van der Waals surface area contributed by atoms with E-state index >= 15 is 0 Å². The quantitative estimate of drug-likeness (QED) is 0.733. The Labute approximate surface area is 98.1 Å². The smallest absolute Gasteiger partial charge is 0.225 e. The second kappa shape index (κ2) is 5.17. The Morgan fingerprint density at radius 1 is 1.25 bits per heavy atom. The summed E-state index contributed by atoms with van der Waals surface area (Å²) in [5, 5.41) is 0. The van der Waals surface area contributed by atoms with Crippen LogP contribution in [0.3, 0.4) is 0 Å². The lowest BCUT2D eigenvalue weighted by Gasteiger charge is -2.32. The van der Waals surface area contributed by atoms with Gasteiger partial charge < -0.3 is 9.64 Å². The number of piperidine rings is 1. The first-order valence-electron chi connectivity index (χ1n) is 6.57. The summed E-state index contributed by atoms with van der Waals surface area (Å²) >= 11 is 0. The molecule has 3 heteroatoms. The van der Waals surface area contributed by atoms with Crippen molar-refractivity contribution >= 4 is 5.91 Å². The van der Waals surface area contributed by atoms with Gasteiger partial charge in [0.1, 0.15) is 0 Å². The molecule has 16 heavy (non-hydrogen) atoms. The molecule has 0 aromatic rings. The molecular weight excluding hydrogens is 202 g/mol. The minimum atomic E-state index is 0.325. The molecule has 1 heterocycles. The average molecular weight is 225 g/mol. The molecule has 0 unspecified atom stereocenters. The molecule has 1 aliphatic heterocycles. The summed E-state index contributed by atoms with van der Waals surface area (Å²) in [6.45, 7) is 6.91. The first-order chi connectivity index (χ1) is 7.66. The highest BCUT2D eigenvalue weighted by molar-refractivity contribution is 5.81. The third-order valence-electron chi connectivity index (χ3n) is 3.52. The van der Waals surface area contributed by atoms with Crippen LogP contribution in [0.2, 0.25) is 0 Å². The van der Waals surface area contributed by atoms with Gasteiger partial charge in [0.15, 0.2) is 0 Å². The third-order valence-corrected chi connectivity index (χ3v) is 3.52. The van der Waals surface area contributed by atoms with Crippen LogP contribution >= 0.6 is 0 Å². The molecule has 0 radical (unpaired) electrons. The van der Waals surface area contributed by atoms with E-state index in [9.17, 15) is 4.79 Å². The molecule has 0 atom stereocenters. The van der Waals surface area contributed by atoms with Crippen LogP contribution in [0.1, 0.15) is 39.5 Å². The maximum atomic E-state index is 11.8.